The van der Waals surface area contributed by atoms with Crippen LogP contribution in [0.3, 0.4) is 0 Å². The van der Waals surface area contributed by atoms with Crippen LogP contribution in [0.4, 0.5) is 16.2 Å². The fourth-order valence-corrected chi connectivity index (χ4v) is 6.15. The smallest absolute Gasteiger partial charge is 0.408 e. The van der Waals surface area contributed by atoms with Crippen LogP contribution in [0.1, 0.15) is 53.5 Å². The molecular formula is C32H40N4O6. The molecule has 3 atom stereocenters. The number of methoxy groups -OCH3 is 1. The molecule has 4 rings (SSSR count). The number of hydrogen-bond donors (Lipinski definition) is 2. The van der Waals surface area contributed by atoms with Gasteiger partial charge in [0, 0.05) is 23.7 Å². The average molecular weight is 577 g/mol. The number of likely N-dealkylation sites (tertiary alicyclic amines) is 1. The van der Waals surface area contributed by atoms with Gasteiger partial charge >= 0.3 is 6.09 Å². The van der Waals surface area contributed by atoms with E-state index in [2.05, 4.69) is 17.2 Å². The van der Waals surface area contributed by atoms with Crippen LogP contribution in [0.25, 0.3) is 0 Å². The number of ether oxygens (including phenoxy) is 2. The number of carbonyl (C=O) groups is 4. The fraction of sp³-hybridized carbons (Fsp3) is 0.438. The number of benzene rings is 2. The SMILES string of the molecule is C=CC(C)(C)[C@@]12C[C@H](C(=O)Nc3ccc(OC)cc3)N(C(=O)CNC(=O)OC(C)(C)C)[C@@H]1N(C(C)=O)c1ccccc12. The molecule has 2 heterocycles. The highest BCUT2D eigenvalue weighted by atomic mass is 16.6. The van der Waals surface area contributed by atoms with Crippen LogP contribution >= 0.6 is 0 Å². The quantitative estimate of drug-likeness (QED) is 0.466. The highest BCUT2D eigenvalue weighted by Gasteiger charge is 2.68. The van der Waals surface area contributed by atoms with E-state index in [-0.39, 0.29) is 12.3 Å². The van der Waals surface area contributed by atoms with Crippen molar-refractivity contribution >= 4 is 35.2 Å². The zero-order valence-corrected chi connectivity index (χ0v) is 25.3. The van der Waals surface area contributed by atoms with Crippen molar-refractivity contribution in [1.29, 1.82) is 0 Å². The molecule has 2 aliphatic rings. The fourth-order valence-electron chi connectivity index (χ4n) is 6.15. The molecule has 4 amide bonds. The summed E-state index contributed by atoms with van der Waals surface area (Å²) in [5.74, 6) is -0.584. The minimum absolute atomic E-state index is 0.220. The van der Waals surface area contributed by atoms with Crippen molar-refractivity contribution < 1.29 is 28.7 Å². The number of amides is 4. The van der Waals surface area contributed by atoms with E-state index in [1.165, 1.54) is 11.8 Å². The van der Waals surface area contributed by atoms with Crippen LogP contribution in [0.15, 0.2) is 61.2 Å². The molecule has 2 aromatic carbocycles. The molecule has 2 aliphatic heterocycles. The van der Waals surface area contributed by atoms with Crippen molar-refractivity contribution in [1.82, 2.24) is 10.2 Å². The van der Waals surface area contributed by atoms with Gasteiger partial charge in [0.15, 0.2) is 0 Å². The average Bonchev–Trinajstić information content (AvgIpc) is 3.43. The second-order valence-corrected chi connectivity index (χ2v) is 12.3. The number of para-hydroxylation sites is 1. The minimum Gasteiger partial charge on any atom is -0.497 e. The summed E-state index contributed by atoms with van der Waals surface area (Å²) in [5, 5.41) is 5.46. The number of fused-ring (bicyclic) bond motifs is 3. The number of rotatable bonds is 7. The Bertz CT molecular complexity index is 1400. The Morgan fingerprint density at radius 1 is 1.05 bits per heavy atom. The Morgan fingerprint density at radius 3 is 2.26 bits per heavy atom. The second kappa shape index (κ2) is 11.2. The van der Waals surface area contributed by atoms with Crippen LogP contribution in [0, 0.1) is 5.41 Å². The summed E-state index contributed by atoms with van der Waals surface area (Å²) >= 11 is 0. The van der Waals surface area contributed by atoms with Gasteiger partial charge in [-0.3, -0.25) is 19.3 Å². The van der Waals surface area contributed by atoms with E-state index in [1.54, 1.807) is 57.0 Å². The van der Waals surface area contributed by atoms with Gasteiger partial charge in [0.2, 0.25) is 17.7 Å². The number of nitrogens with one attached hydrogen (secondary N) is 2. The molecule has 0 unspecified atom stereocenters. The zero-order valence-electron chi connectivity index (χ0n) is 25.3. The Morgan fingerprint density at radius 2 is 1.69 bits per heavy atom. The van der Waals surface area contributed by atoms with E-state index < -0.39 is 53.1 Å². The Labute approximate surface area is 247 Å². The Balaban J connectivity index is 1.81. The minimum atomic E-state index is -0.973. The number of carbonyl (C=O) groups excluding carboxylic acids is 4. The standard InChI is InChI=1S/C32H40N4O6/c1-9-31(6,7)32-18-25(27(39)34-21-14-16-22(41-8)17-15-21)36(26(38)19-33-29(40)42-30(3,4)5)28(32)35(20(2)37)24-13-11-10-12-23(24)32/h9-17,25,28H,1,18-19H2,2-8H3,(H,33,40)(H,34,39)/t25-,28+,32-/m1/s1. The largest absolute Gasteiger partial charge is 0.497 e. The van der Waals surface area contributed by atoms with Gasteiger partial charge < -0.3 is 25.0 Å². The molecule has 0 spiro atoms. The maximum atomic E-state index is 14.1. The lowest BCUT2D eigenvalue weighted by atomic mass is 9.60. The van der Waals surface area contributed by atoms with Gasteiger partial charge in [-0.2, -0.15) is 0 Å². The predicted molar refractivity (Wildman–Crippen MR) is 160 cm³/mol. The number of anilines is 2. The molecule has 10 nitrogen and oxygen atoms in total. The monoisotopic (exact) mass is 576 g/mol. The molecule has 0 aromatic heterocycles. The highest BCUT2D eigenvalue weighted by Crippen LogP contribution is 2.62. The summed E-state index contributed by atoms with van der Waals surface area (Å²) in [7, 11) is 1.55. The summed E-state index contributed by atoms with van der Waals surface area (Å²) in [4.78, 5) is 56.9. The van der Waals surface area contributed by atoms with Crippen molar-refractivity contribution in [2.45, 2.75) is 71.2 Å². The van der Waals surface area contributed by atoms with Crippen LogP contribution in [0.5, 0.6) is 5.75 Å². The summed E-state index contributed by atoms with van der Waals surface area (Å²) in [5.41, 5.74) is -0.240. The predicted octanol–water partition coefficient (Wildman–Crippen LogP) is 4.60. The van der Waals surface area contributed by atoms with Gasteiger partial charge in [-0.15, -0.1) is 6.58 Å². The van der Waals surface area contributed by atoms with Crippen LogP contribution in [0.2, 0.25) is 0 Å². The lowest BCUT2D eigenvalue weighted by molar-refractivity contribution is -0.139. The lowest BCUT2D eigenvalue weighted by Gasteiger charge is -2.45. The Kier molecular flexibility index (Phi) is 8.13. The van der Waals surface area contributed by atoms with E-state index in [4.69, 9.17) is 9.47 Å². The van der Waals surface area contributed by atoms with Crippen LogP contribution < -0.4 is 20.3 Å². The molecule has 10 heteroatoms. The van der Waals surface area contributed by atoms with Crippen molar-refractivity contribution in [2.75, 3.05) is 23.9 Å². The van der Waals surface area contributed by atoms with Gasteiger partial charge in [-0.1, -0.05) is 38.1 Å². The first-order valence-corrected chi connectivity index (χ1v) is 13.9. The summed E-state index contributed by atoms with van der Waals surface area (Å²) in [6, 6.07) is 13.4. The van der Waals surface area contributed by atoms with Crippen molar-refractivity contribution in [2.24, 2.45) is 5.41 Å². The number of alkyl carbamates (subject to hydrolysis) is 1. The third-order valence-electron chi connectivity index (χ3n) is 8.17. The molecule has 42 heavy (non-hydrogen) atoms. The second-order valence-electron chi connectivity index (χ2n) is 12.3. The zero-order chi connectivity index (χ0) is 31.0. The summed E-state index contributed by atoms with van der Waals surface area (Å²) in [6.07, 6.45) is 0.425. The summed E-state index contributed by atoms with van der Waals surface area (Å²) in [6.45, 7) is 14.3. The van der Waals surface area contributed by atoms with Gasteiger partial charge in [0.25, 0.3) is 0 Å². The van der Waals surface area contributed by atoms with Gasteiger partial charge in [-0.25, -0.2) is 4.79 Å². The van der Waals surface area contributed by atoms with E-state index >= 15 is 0 Å². The molecule has 0 saturated carbocycles. The maximum Gasteiger partial charge on any atom is 0.408 e. The first kappa shape index (κ1) is 30.6. The van der Waals surface area contributed by atoms with Crippen LogP contribution in [-0.2, 0) is 24.5 Å². The number of hydrogen-bond acceptors (Lipinski definition) is 6. The van der Waals surface area contributed by atoms with E-state index in [0.29, 0.717) is 17.1 Å². The third-order valence-corrected chi connectivity index (χ3v) is 8.17. The first-order valence-electron chi connectivity index (χ1n) is 13.9. The van der Waals surface area contributed by atoms with Gasteiger partial charge in [0.1, 0.15) is 30.1 Å². The van der Waals surface area contributed by atoms with E-state index in [9.17, 15) is 19.2 Å². The number of allylic oxidation sites excluding steroid dienone is 1. The molecule has 1 saturated heterocycles. The van der Waals surface area contributed by atoms with Gasteiger partial charge in [0.05, 0.1) is 7.11 Å². The van der Waals surface area contributed by atoms with Crippen LogP contribution in [-0.4, -0.2) is 60.2 Å². The molecule has 0 bridgehead atoms. The molecule has 2 aromatic rings. The number of nitrogens with zero attached hydrogens (tertiary/aromatic N) is 2. The van der Waals surface area contributed by atoms with E-state index in [1.807, 2.05) is 44.2 Å². The Hall–Kier alpha value is -4.34. The molecule has 224 valence electrons. The molecule has 2 N–H and O–H groups in total. The topological polar surface area (TPSA) is 117 Å². The van der Waals surface area contributed by atoms with Crippen molar-refractivity contribution in [3.05, 3.63) is 66.7 Å². The molecule has 0 aliphatic carbocycles. The normalized spacial score (nSPS) is 21.2. The molecule has 0 radical (unpaired) electrons. The molecule has 1 fully saturated rings. The lowest BCUT2D eigenvalue weighted by Crippen LogP contribution is -2.60. The third kappa shape index (κ3) is 5.33. The van der Waals surface area contributed by atoms with Crippen molar-refractivity contribution in [3.63, 3.8) is 0 Å². The molecular weight excluding hydrogens is 536 g/mol. The van der Waals surface area contributed by atoms with E-state index in [0.717, 1.165) is 5.56 Å². The first-order chi connectivity index (χ1) is 19.7. The maximum absolute atomic E-state index is 14.1. The van der Waals surface area contributed by atoms with Crippen molar-refractivity contribution in [3.8, 4) is 5.75 Å². The highest BCUT2D eigenvalue weighted by molar-refractivity contribution is 6.02. The van der Waals surface area contributed by atoms with Gasteiger partial charge in [-0.05, 0) is 68.5 Å². The summed E-state index contributed by atoms with van der Waals surface area (Å²) < 4.78 is 10.5.